The first kappa shape index (κ1) is 26.4. The van der Waals surface area contributed by atoms with Gasteiger partial charge in [-0.2, -0.15) is 0 Å². The summed E-state index contributed by atoms with van der Waals surface area (Å²) >= 11 is 0. The van der Waals surface area contributed by atoms with E-state index >= 15 is 0 Å². The number of ether oxygens (including phenoxy) is 3. The summed E-state index contributed by atoms with van der Waals surface area (Å²) in [5.74, 6) is 0. The van der Waals surface area contributed by atoms with Gasteiger partial charge in [0.1, 0.15) is 0 Å². The van der Waals surface area contributed by atoms with Crippen LogP contribution in [-0.4, -0.2) is 25.6 Å². The average Bonchev–Trinajstić information content (AvgIpc) is 3.26. The van der Waals surface area contributed by atoms with Crippen molar-refractivity contribution in [2.45, 2.75) is 129 Å². The molecule has 0 amide bonds. The molecule has 1 aliphatic heterocycles. The number of rotatable bonds is 20. The van der Waals surface area contributed by atoms with E-state index in [1.165, 1.54) is 95.5 Å². The summed E-state index contributed by atoms with van der Waals surface area (Å²) in [5.41, 5.74) is 1.20. The molecule has 1 aromatic rings. The molecule has 3 heteroatoms. The van der Waals surface area contributed by atoms with E-state index in [9.17, 15) is 0 Å². The van der Waals surface area contributed by atoms with Gasteiger partial charge in [-0.25, -0.2) is 0 Å². The Morgan fingerprint density at radius 1 is 0.742 bits per heavy atom. The van der Waals surface area contributed by atoms with E-state index in [2.05, 4.69) is 19.1 Å². The summed E-state index contributed by atoms with van der Waals surface area (Å²) in [5, 5.41) is 0. The lowest BCUT2D eigenvalue weighted by molar-refractivity contribution is -0.150. The van der Waals surface area contributed by atoms with Crippen LogP contribution in [0.5, 0.6) is 0 Å². The second kappa shape index (κ2) is 18.7. The first-order valence-electron chi connectivity index (χ1n) is 13.3. The molecule has 0 saturated carbocycles. The zero-order chi connectivity index (χ0) is 21.8. The van der Waals surface area contributed by atoms with Gasteiger partial charge < -0.3 is 14.2 Å². The van der Waals surface area contributed by atoms with E-state index in [1.807, 2.05) is 18.2 Å². The Labute approximate surface area is 192 Å². The molecule has 0 N–H and O–H groups in total. The molecule has 3 nitrogen and oxygen atoms in total. The Kier molecular flexibility index (Phi) is 15.9. The predicted molar refractivity (Wildman–Crippen MR) is 130 cm³/mol. The van der Waals surface area contributed by atoms with Gasteiger partial charge >= 0.3 is 0 Å². The minimum atomic E-state index is -0.0742. The molecule has 1 fully saturated rings. The molecule has 0 unspecified atom stereocenters. The Morgan fingerprint density at radius 2 is 1.32 bits per heavy atom. The molecule has 0 spiro atoms. The summed E-state index contributed by atoms with van der Waals surface area (Å²) < 4.78 is 17.7. The zero-order valence-electron chi connectivity index (χ0n) is 20.2. The van der Waals surface area contributed by atoms with Crippen molar-refractivity contribution in [2.75, 3.05) is 13.2 Å². The van der Waals surface area contributed by atoms with Crippen molar-refractivity contribution in [1.29, 1.82) is 0 Å². The Bertz CT molecular complexity index is 504. The fourth-order valence-electron chi connectivity index (χ4n) is 4.29. The molecule has 0 aromatic heterocycles. The predicted octanol–water partition coefficient (Wildman–Crippen LogP) is 8.21. The van der Waals surface area contributed by atoms with E-state index in [-0.39, 0.29) is 12.4 Å². The second-order valence-electron chi connectivity index (χ2n) is 9.23. The van der Waals surface area contributed by atoms with Crippen molar-refractivity contribution in [3.63, 3.8) is 0 Å². The van der Waals surface area contributed by atoms with Gasteiger partial charge in [-0.1, -0.05) is 121 Å². The Balaban J connectivity index is 1.29. The van der Waals surface area contributed by atoms with Crippen LogP contribution in [0.3, 0.4) is 0 Å². The fraction of sp³-hybridized carbons (Fsp3) is 0.786. The topological polar surface area (TPSA) is 27.7 Å². The van der Waals surface area contributed by atoms with Crippen LogP contribution in [-0.2, 0) is 20.8 Å². The summed E-state index contributed by atoms with van der Waals surface area (Å²) in [6, 6.07) is 10.3. The van der Waals surface area contributed by atoms with Crippen molar-refractivity contribution in [3.05, 3.63) is 35.9 Å². The number of hydrogen-bond acceptors (Lipinski definition) is 3. The maximum absolute atomic E-state index is 5.96. The maximum atomic E-state index is 5.96. The highest BCUT2D eigenvalue weighted by atomic mass is 16.7. The largest absolute Gasteiger partial charge is 0.379 e. The van der Waals surface area contributed by atoms with Crippen LogP contribution in [0.15, 0.2) is 30.3 Å². The lowest BCUT2D eigenvalue weighted by Gasteiger charge is -2.14. The molecule has 2 rings (SSSR count). The minimum Gasteiger partial charge on any atom is -0.379 e. The van der Waals surface area contributed by atoms with Gasteiger partial charge in [0.2, 0.25) is 0 Å². The monoisotopic (exact) mass is 432 g/mol. The van der Waals surface area contributed by atoms with Gasteiger partial charge in [0.05, 0.1) is 19.3 Å². The quantitative estimate of drug-likeness (QED) is 0.194. The molecular formula is C28H48O3. The average molecular weight is 433 g/mol. The van der Waals surface area contributed by atoms with Crippen LogP contribution in [0.4, 0.5) is 0 Å². The molecule has 1 aliphatic rings. The fourth-order valence-corrected chi connectivity index (χ4v) is 4.29. The van der Waals surface area contributed by atoms with Crippen molar-refractivity contribution < 1.29 is 14.2 Å². The van der Waals surface area contributed by atoms with E-state index in [4.69, 9.17) is 14.2 Å². The molecule has 0 radical (unpaired) electrons. The molecular weight excluding hydrogens is 384 g/mol. The van der Waals surface area contributed by atoms with Crippen LogP contribution in [0.25, 0.3) is 0 Å². The lowest BCUT2D eigenvalue weighted by Crippen LogP contribution is -2.19. The Hall–Kier alpha value is -0.900. The standard InChI is InChI=1S/C28H48O3/c1-2-3-4-5-6-7-8-9-10-11-12-13-14-18-23-29-25-27-21-22-28(31-27)30-24-26-19-16-15-17-20-26/h15-17,19-20,27-28H,2-14,18,21-25H2,1H3/t27-,28-/m1/s1. The van der Waals surface area contributed by atoms with Crippen LogP contribution >= 0.6 is 0 Å². The summed E-state index contributed by atoms with van der Waals surface area (Å²) in [7, 11) is 0. The van der Waals surface area contributed by atoms with Crippen molar-refractivity contribution in [3.8, 4) is 0 Å². The lowest BCUT2D eigenvalue weighted by atomic mass is 10.0. The zero-order valence-corrected chi connectivity index (χ0v) is 20.2. The molecule has 31 heavy (non-hydrogen) atoms. The van der Waals surface area contributed by atoms with E-state index in [1.54, 1.807) is 0 Å². The number of benzene rings is 1. The highest BCUT2D eigenvalue weighted by molar-refractivity contribution is 5.13. The summed E-state index contributed by atoms with van der Waals surface area (Å²) in [4.78, 5) is 0. The molecule has 2 atom stereocenters. The second-order valence-corrected chi connectivity index (χ2v) is 9.23. The molecule has 0 aliphatic carbocycles. The summed E-state index contributed by atoms with van der Waals surface area (Å²) in [6.07, 6.45) is 21.7. The van der Waals surface area contributed by atoms with Gasteiger partial charge in [0, 0.05) is 13.0 Å². The molecule has 1 saturated heterocycles. The normalized spacial score (nSPS) is 18.6. The molecule has 0 bridgehead atoms. The van der Waals surface area contributed by atoms with Gasteiger partial charge in [-0.15, -0.1) is 0 Å². The number of unbranched alkanes of at least 4 members (excludes halogenated alkanes) is 13. The van der Waals surface area contributed by atoms with Gasteiger partial charge in [0.25, 0.3) is 0 Å². The van der Waals surface area contributed by atoms with Crippen LogP contribution < -0.4 is 0 Å². The van der Waals surface area contributed by atoms with Crippen molar-refractivity contribution in [2.24, 2.45) is 0 Å². The molecule has 178 valence electrons. The van der Waals surface area contributed by atoms with Crippen molar-refractivity contribution >= 4 is 0 Å². The SMILES string of the molecule is CCCCCCCCCCCCCCCCOC[C@H]1CC[C@H](OCc2ccccc2)O1. The highest BCUT2D eigenvalue weighted by Crippen LogP contribution is 2.22. The van der Waals surface area contributed by atoms with E-state index < -0.39 is 0 Å². The first-order chi connectivity index (χ1) is 15.4. The third-order valence-electron chi connectivity index (χ3n) is 6.29. The maximum Gasteiger partial charge on any atom is 0.158 e. The molecule has 1 heterocycles. The Morgan fingerprint density at radius 3 is 1.94 bits per heavy atom. The number of hydrogen-bond donors (Lipinski definition) is 0. The third kappa shape index (κ3) is 14.0. The summed E-state index contributed by atoms with van der Waals surface area (Å²) in [6.45, 7) is 4.49. The van der Waals surface area contributed by atoms with Crippen LogP contribution in [0, 0.1) is 0 Å². The third-order valence-corrected chi connectivity index (χ3v) is 6.29. The smallest absolute Gasteiger partial charge is 0.158 e. The van der Waals surface area contributed by atoms with Gasteiger partial charge in [-0.05, 0) is 18.4 Å². The van der Waals surface area contributed by atoms with E-state index in [0.29, 0.717) is 13.2 Å². The van der Waals surface area contributed by atoms with Gasteiger partial charge in [0.15, 0.2) is 6.29 Å². The van der Waals surface area contributed by atoms with Crippen molar-refractivity contribution in [1.82, 2.24) is 0 Å². The minimum absolute atomic E-state index is 0.0742. The first-order valence-corrected chi connectivity index (χ1v) is 13.3. The van der Waals surface area contributed by atoms with E-state index in [0.717, 1.165) is 19.4 Å². The van der Waals surface area contributed by atoms with Crippen LogP contribution in [0.2, 0.25) is 0 Å². The van der Waals surface area contributed by atoms with Gasteiger partial charge in [-0.3, -0.25) is 0 Å². The van der Waals surface area contributed by atoms with Crippen LogP contribution in [0.1, 0.15) is 115 Å². The highest BCUT2D eigenvalue weighted by Gasteiger charge is 2.25. The molecule has 1 aromatic carbocycles.